The van der Waals surface area contributed by atoms with Crippen molar-refractivity contribution < 1.29 is 9.53 Å². The molecule has 0 bridgehead atoms. The molecule has 2 N–H and O–H groups in total. The van der Waals surface area contributed by atoms with E-state index < -0.39 is 5.41 Å². The van der Waals surface area contributed by atoms with Crippen LogP contribution in [0, 0.1) is 17.3 Å². The monoisotopic (exact) mass is 333 g/mol. The fraction of sp³-hybridized carbons (Fsp3) is 0.667. The van der Waals surface area contributed by atoms with Crippen molar-refractivity contribution in [2.75, 3.05) is 0 Å². The lowest BCUT2D eigenvalue weighted by molar-refractivity contribution is -0.121. The van der Waals surface area contributed by atoms with Crippen LogP contribution in [-0.4, -0.2) is 11.5 Å². The molecule has 0 saturated heterocycles. The highest BCUT2D eigenvalue weighted by atomic mass is 16.5. The van der Waals surface area contributed by atoms with Gasteiger partial charge in [0.1, 0.15) is 11.4 Å². The molecule has 0 aromatic carbocycles. The average Bonchev–Trinajstić information content (AvgIpc) is 3.34. The molecule has 3 heteroatoms. The number of primary amides is 1. The van der Waals surface area contributed by atoms with E-state index in [1.807, 2.05) is 19.1 Å². The Bertz CT molecular complexity index is 520. The van der Waals surface area contributed by atoms with Crippen LogP contribution in [0.4, 0.5) is 0 Å². The van der Waals surface area contributed by atoms with Crippen LogP contribution in [0.25, 0.3) is 0 Å². The molecular weight excluding hydrogens is 298 g/mol. The van der Waals surface area contributed by atoms with Crippen molar-refractivity contribution in [3.05, 3.63) is 36.1 Å². The molecule has 0 aromatic rings. The van der Waals surface area contributed by atoms with Gasteiger partial charge in [-0.2, -0.15) is 0 Å². The number of rotatable bonds is 10. The van der Waals surface area contributed by atoms with Crippen LogP contribution in [0.2, 0.25) is 0 Å². The van der Waals surface area contributed by atoms with E-state index in [4.69, 9.17) is 10.5 Å². The molecule has 136 valence electrons. The van der Waals surface area contributed by atoms with E-state index in [0.29, 0.717) is 11.8 Å². The third-order valence-electron chi connectivity index (χ3n) is 5.81. The molecule has 1 amide bonds. The van der Waals surface area contributed by atoms with E-state index in [1.54, 1.807) is 6.08 Å². The fourth-order valence-electron chi connectivity index (χ4n) is 3.48. The summed E-state index contributed by atoms with van der Waals surface area (Å²) in [6, 6.07) is 0. The lowest BCUT2D eigenvalue weighted by atomic mass is 9.78. The minimum atomic E-state index is -0.537. The molecule has 1 aliphatic rings. The predicted octanol–water partition coefficient (Wildman–Crippen LogP) is 5.14. The van der Waals surface area contributed by atoms with Gasteiger partial charge in [-0.3, -0.25) is 4.79 Å². The number of hydrogen-bond acceptors (Lipinski definition) is 2. The molecule has 1 aliphatic carbocycles. The Hall–Kier alpha value is -1.51. The average molecular weight is 334 g/mol. The van der Waals surface area contributed by atoms with E-state index in [9.17, 15) is 4.79 Å². The van der Waals surface area contributed by atoms with E-state index >= 15 is 0 Å². The molecule has 1 rings (SSSR count). The number of ether oxygens (including phenoxy) is 1. The second-order valence-corrected chi connectivity index (χ2v) is 7.51. The summed E-state index contributed by atoms with van der Waals surface area (Å²) in [6.07, 6.45) is 9.51. The summed E-state index contributed by atoms with van der Waals surface area (Å²) in [7, 11) is 0. The lowest BCUT2D eigenvalue weighted by Crippen LogP contribution is -2.37. The first-order chi connectivity index (χ1) is 11.2. The second kappa shape index (κ2) is 8.04. The Morgan fingerprint density at radius 2 is 1.88 bits per heavy atom. The van der Waals surface area contributed by atoms with Crippen LogP contribution < -0.4 is 5.73 Å². The molecule has 1 unspecified atom stereocenters. The minimum Gasteiger partial charge on any atom is -0.488 e. The van der Waals surface area contributed by atoms with Crippen LogP contribution in [-0.2, 0) is 9.53 Å². The maximum absolute atomic E-state index is 11.8. The molecule has 0 spiro atoms. The lowest BCUT2D eigenvalue weighted by Gasteiger charge is -2.37. The Kier molecular flexibility index (Phi) is 6.88. The maximum atomic E-state index is 11.8. The van der Waals surface area contributed by atoms with Gasteiger partial charge in [0.25, 0.3) is 0 Å². The molecule has 1 saturated carbocycles. The van der Waals surface area contributed by atoms with Gasteiger partial charge in [-0.1, -0.05) is 46.3 Å². The smallest absolute Gasteiger partial charge is 0.228 e. The Morgan fingerprint density at radius 3 is 2.21 bits per heavy atom. The third-order valence-corrected chi connectivity index (χ3v) is 5.81. The zero-order valence-corrected chi connectivity index (χ0v) is 16.3. The molecule has 1 atom stereocenters. The first-order valence-electron chi connectivity index (χ1n) is 9.18. The van der Waals surface area contributed by atoms with Gasteiger partial charge in [-0.15, -0.1) is 0 Å². The van der Waals surface area contributed by atoms with Crippen LogP contribution in [0.1, 0.15) is 67.2 Å². The van der Waals surface area contributed by atoms with Crippen molar-refractivity contribution in [3.63, 3.8) is 0 Å². The highest BCUT2D eigenvalue weighted by Crippen LogP contribution is 2.52. The SMILES string of the molecule is C=CC(=CC(=CC)OC(C)(C)C(C)C(CC)CC)C1(C(N)=O)CC1. The van der Waals surface area contributed by atoms with Gasteiger partial charge in [0.15, 0.2) is 0 Å². The molecule has 24 heavy (non-hydrogen) atoms. The van der Waals surface area contributed by atoms with Crippen LogP contribution >= 0.6 is 0 Å². The van der Waals surface area contributed by atoms with Crippen LogP contribution in [0.3, 0.4) is 0 Å². The maximum Gasteiger partial charge on any atom is 0.228 e. The molecule has 0 aromatic heterocycles. The summed E-state index contributed by atoms with van der Waals surface area (Å²) in [5.74, 6) is 1.56. The van der Waals surface area contributed by atoms with Gasteiger partial charge < -0.3 is 10.5 Å². The molecule has 0 aliphatic heterocycles. The number of allylic oxidation sites excluding steroid dienone is 3. The number of carbonyl (C=O) groups excluding carboxylic acids is 1. The number of amides is 1. The minimum absolute atomic E-state index is 0.270. The van der Waals surface area contributed by atoms with E-state index in [0.717, 1.165) is 37.0 Å². The standard InChI is InChI=1S/C21H35NO2/c1-8-16(9-2)15(5)20(6,7)24-18(11-4)14-17(10-3)21(12-13-21)19(22)23/h10-11,14-16H,3,8-9,12-13H2,1-2,4-7H3,(H2,22,23). The number of hydrogen-bond donors (Lipinski definition) is 1. The fourth-order valence-corrected chi connectivity index (χ4v) is 3.48. The van der Waals surface area contributed by atoms with Gasteiger partial charge >= 0.3 is 0 Å². The van der Waals surface area contributed by atoms with Crippen molar-refractivity contribution in [1.29, 1.82) is 0 Å². The first-order valence-corrected chi connectivity index (χ1v) is 9.18. The summed E-state index contributed by atoms with van der Waals surface area (Å²) in [5.41, 5.74) is 5.64. The highest BCUT2D eigenvalue weighted by molar-refractivity contribution is 5.88. The summed E-state index contributed by atoms with van der Waals surface area (Å²) >= 11 is 0. The summed E-state index contributed by atoms with van der Waals surface area (Å²) in [4.78, 5) is 11.8. The zero-order valence-electron chi connectivity index (χ0n) is 16.3. The van der Waals surface area contributed by atoms with Gasteiger partial charge in [0, 0.05) is 0 Å². The van der Waals surface area contributed by atoms with Crippen molar-refractivity contribution in [2.45, 2.75) is 72.8 Å². The normalized spacial score (nSPS) is 19.1. The quantitative estimate of drug-likeness (QED) is 0.445. The van der Waals surface area contributed by atoms with Crippen molar-refractivity contribution in [3.8, 4) is 0 Å². The topological polar surface area (TPSA) is 52.3 Å². The van der Waals surface area contributed by atoms with E-state index in [-0.39, 0.29) is 11.5 Å². The highest BCUT2D eigenvalue weighted by Gasteiger charge is 2.50. The van der Waals surface area contributed by atoms with E-state index in [2.05, 4.69) is 41.2 Å². The summed E-state index contributed by atoms with van der Waals surface area (Å²) in [6.45, 7) is 16.8. The number of nitrogens with two attached hydrogens (primary N) is 1. The molecule has 0 radical (unpaired) electrons. The van der Waals surface area contributed by atoms with Gasteiger partial charge in [0.2, 0.25) is 5.91 Å². The van der Waals surface area contributed by atoms with Gasteiger partial charge in [-0.25, -0.2) is 0 Å². The van der Waals surface area contributed by atoms with Gasteiger partial charge in [0.05, 0.1) is 5.41 Å². The number of carbonyl (C=O) groups is 1. The molecular formula is C21H35NO2. The predicted molar refractivity (Wildman–Crippen MR) is 101 cm³/mol. The van der Waals surface area contributed by atoms with Crippen molar-refractivity contribution in [1.82, 2.24) is 0 Å². The molecule has 1 fully saturated rings. The summed E-state index contributed by atoms with van der Waals surface area (Å²) < 4.78 is 6.35. The van der Waals surface area contributed by atoms with E-state index in [1.165, 1.54) is 0 Å². The molecule has 3 nitrogen and oxygen atoms in total. The summed E-state index contributed by atoms with van der Waals surface area (Å²) in [5, 5.41) is 0. The van der Waals surface area contributed by atoms with Crippen molar-refractivity contribution in [2.24, 2.45) is 23.0 Å². The van der Waals surface area contributed by atoms with Crippen molar-refractivity contribution >= 4 is 5.91 Å². The second-order valence-electron chi connectivity index (χ2n) is 7.51. The Balaban J connectivity index is 3.00. The molecule has 0 heterocycles. The largest absolute Gasteiger partial charge is 0.488 e. The Labute approximate surface area is 148 Å². The first kappa shape index (κ1) is 20.5. The van der Waals surface area contributed by atoms with Crippen LogP contribution in [0.15, 0.2) is 36.1 Å². The Morgan fingerprint density at radius 1 is 1.33 bits per heavy atom. The van der Waals surface area contributed by atoms with Crippen LogP contribution in [0.5, 0.6) is 0 Å². The van der Waals surface area contributed by atoms with Gasteiger partial charge in [-0.05, 0) is 63.2 Å². The third kappa shape index (κ3) is 4.31. The zero-order chi connectivity index (χ0) is 18.5.